The average Bonchev–Trinajstić information content (AvgIpc) is 2.48. The highest BCUT2D eigenvalue weighted by atomic mass is 16.7. The first-order valence-electron chi connectivity index (χ1n) is 6.61. The Morgan fingerprint density at radius 3 is 2.26 bits per heavy atom. The summed E-state index contributed by atoms with van der Waals surface area (Å²) < 4.78 is 10.8. The van der Waals surface area contributed by atoms with E-state index in [-0.39, 0.29) is 5.91 Å². The smallest absolute Gasteiger partial charge is 0.226 e. The van der Waals surface area contributed by atoms with Gasteiger partial charge in [-0.2, -0.15) is 0 Å². The Hall–Kier alpha value is -1.39. The molecule has 0 spiro atoms. The summed E-state index contributed by atoms with van der Waals surface area (Å²) in [6.45, 7) is 1.38. The molecule has 0 saturated carbocycles. The number of methoxy groups -OCH3 is 2. The normalized spacial score (nSPS) is 18.3. The highest BCUT2D eigenvalue weighted by Gasteiger charge is 2.35. The largest absolute Gasteiger partial charge is 0.353 e. The molecule has 104 valence electrons. The SMILES string of the molecule is COC1(OC)CCN(C(=O)Cc2ccccc2)CC1. The van der Waals surface area contributed by atoms with Gasteiger partial charge in [0.25, 0.3) is 0 Å². The number of ether oxygens (including phenoxy) is 2. The van der Waals surface area contributed by atoms with Crippen LogP contribution < -0.4 is 0 Å². The third-order valence-corrected chi connectivity index (χ3v) is 3.82. The number of amides is 1. The number of hydrogen-bond acceptors (Lipinski definition) is 3. The monoisotopic (exact) mass is 263 g/mol. The number of piperidine rings is 1. The Morgan fingerprint density at radius 2 is 1.74 bits per heavy atom. The van der Waals surface area contributed by atoms with Crippen LogP contribution in [0.5, 0.6) is 0 Å². The lowest BCUT2D eigenvalue weighted by Crippen LogP contribution is -2.49. The standard InChI is InChI=1S/C15H21NO3/c1-18-15(19-2)8-10-16(11-9-15)14(17)12-13-6-4-3-5-7-13/h3-7H,8-12H2,1-2H3. The molecule has 4 heteroatoms. The van der Waals surface area contributed by atoms with Crippen molar-refractivity contribution >= 4 is 5.91 Å². The van der Waals surface area contributed by atoms with Crippen LogP contribution in [0.25, 0.3) is 0 Å². The van der Waals surface area contributed by atoms with Gasteiger partial charge in [0.2, 0.25) is 5.91 Å². The van der Waals surface area contributed by atoms with E-state index in [4.69, 9.17) is 9.47 Å². The molecule has 1 fully saturated rings. The van der Waals surface area contributed by atoms with Gasteiger partial charge in [-0.3, -0.25) is 4.79 Å². The van der Waals surface area contributed by atoms with Gasteiger partial charge < -0.3 is 14.4 Å². The molecule has 1 heterocycles. The van der Waals surface area contributed by atoms with Crippen LogP contribution in [0, 0.1) is 0 Å². The maximum absolute atomic E-state index is 12.2. The van der Waals surface area contributed by atoms with Gasteiger partial charge in [-0.25, -0.2) is 0 Å². The summed E-state index contributed by atoms with van der Waals surface area (Å²) in [7, 11) is 3.32. The fraction of sp³-hybridized carbons (Fsp3) is 0.533. The van der Waals surface area contributed by atoms with Crippen LogP contribution in [-0.4, -0.2) is 43.9 Å². The van der Waals surface area contributed by atoms with E-state index in [1.807, 2.05) is 35.2 Å². The van der Waals surface area contributed by atoms with Crippen LogP contribution in [0.3, 0.4) is 0 Å². The molecule has 0 radical (unpaired) electrons. The van der Waals surface area contributed by atoms with Gasteiger partial charge in [0.1, 0.15) is 0 Å². The lowest BCUT2D eigenvalue weighted by Gasteiger charge is -2.39. The van der Waals surface area contributed by atoms with Gasteiger partial charge in [-0.05, 0) is 5.56 Å². The molecule has 1 aliphatic rings. The molecule has 0 bridgehead atoms. The molecule has 0 N–H and O–H groups in total. The van der Waals surface area contributed by atoms with Crippen molar-refractivity contribution in [2.24, 2.45) is 0 Å². The molecule has 0 atom stereocenters. The van der Waals surface area contributed by atoms with Crippen molar-refractivity contribution in [3.05, 3.63) is 35.9 Å². The highest BCUT2D eigenvalue weighted by Crippen LogP contribution is 2.26. The van der Waals surface area contributed by atoms with E-state index >= 15 is 0 Å². The Bertz CT molecular complexity index is 405. The summed E-state index contributed by atoms with van der Waals surface area (Å²) in [5, 5.41) is 0. The summed E-state index contributed by atoms with van der Waals surface area (Å²) in [5.41, 5.74) is 1.06. The highest BCUT2D eigenvalue weighted by molar-refractivity contribution is 5.78. The second kappa shape index (κ2) is 6.17. The van der Waals surface area contributed by atoms with Crippen molar-refractivity contribution in [3.63, 3.8) is 0 Å². The molecular weight excluding hydrogens is 242 g/mol. The van der Waals surface area contributed by atoms with E-state index < -0.39 is 5.79 Å². The number of likely N-dealkylation sites (tertiary alicyclic amines) is 1. The van der Waals surface area contributed by atoms with Gasteiger partial charge in [-0.1, -0.05) is 30.3 Å². The maximum atomic E-state index is 12.2. The van der Waals surface area contributed by atoms with E-state index in [0.29, 0.717) is 19.5 Å². The van der Waals surface area contributed by atoms with Gasteiger partial charge >= 0.3 is 0 Å². The van der Waals surface area contributed by atoms with Crippen molar-refractivity contribution in [2.75, 3.05) is 27.3 Å². The fourth-order valence-corrected chi connectivity index (χ4v) is 2.47. The third-order valence-electron chi connectivity index (χ3n) is 3.82. The second-order valence-corrected chi connectivity index (χ2v) is 4.86. The first kappa shape index (κ1) is 14.0. The zero-order chi connectivity index (χ0) is 13.7. The van der Waals surface area contributed by atoms with E-state index in [2.05, 4.69) is 0 Å². The molecule has 1 amide bonds. The predicted octanol–water partition coefficient (Wildman–Crippen LogP) is 1.84. The summed E-state index contributed by atoms with van der Waals surface area (Å²) in [6.07, 6.45) is 1.91. The van der Waals surface area contributed by atoms with Crippen molar-refractivity contribution in [3.8, 4) is 0 Å². The summed E-state index contributed by atoms with van der Waals surface area (Å²) in [4.78, 5) is 14.1. The number of rotatable bonds is 4. The van der Waals surface area contributed by atoms with Crippen molar-refractivity contribution < 1.29 is 14.3 Å². The minimum Gasteiger partial charge on any atom is -0.353 e. The molecule has 1 saturated heterocycles. The summed E-state index contributed by atoms with van der Waals surface area (Å²) in [5.74, 6) is -0.337. The first-order chi connectivity index (χ1) is 9.19. The second-order valence-electron chi connectivity index (χ2n) is 4.86. The van der Waals surface area contributed by atoms with E-state index in [1.165, 1.54) is 0 Å². The fourth-order valence-electron chi connectivity index (χ4n) is 2.47. The van der Waals surface area contributed by atoms with Gasteiger partial charge in [0, 0.05) is 40.2 Å². The number of benzene rings is 1. The minimum absolute atomic E-state index is 0.173. The Morgan fingerprint density at radius 1 is 1.16 bits per heavy atom. The van der Waals surface area contributed by atoms with Crippen LogP contribution in [-0.2, 0) is 20.7 Å². The Kier molecular flexibility index (Phi) is 4.56. The number of hydrogen-bond donors (Lipinski definition) is 0. The third kappa shape index (κ3) is 3.33. The van der Waals surface area contributed by atoms with Gasteiger partial charge in [0.15, 0.2) is 5.79 Å². The lowest BCUT2D eigenvalue weighted by molar-refractivity contribution is -0.228. The van der Waals surface area contributed by atoms with Crippen molar-refractivity contribution in [1.82, 2.24) is 4.90 Å². The molecule has 0 aliphatic carbocycles. The van der Waals surface area contributed by atoms with Crippen LogP contribution in [0.15, 0.2) is 30.3 Å². The molecule has 1 aromatic rings. The summed E-state index contributed by atoms with van der Waals surface area (Å²) >= 11 is 0. The molecule has 1 aliphatic heterocycles. The van der Waals surface area contributed by atoms with Crippen molar-refractivity contribution in [2.45, 2.75) is 25.0 Å². The number of carbonyl (C=O) groups is 1. The molecule has 4 nitrogen and oxygen atoms in total. The first-order valence-corrected chi connectivity index (χ1v) is 6.61. The zero-order valence-corrected chi connectivity index (χ0v) is 11.6. The van der Waals surface area contributed by atoms with Crippen LogP contribution >= 0.6 is 0 Å². The molecule has 19 heavy (non-hydrogen) atoms. The van der Waals surface area contributed by atoms with Crippen LogP contribution in [0.1, 0.15) is 18.4 Å². The number of carbonyl (C=O) groups excluding carboxylic acids is 1. The maximum Gasteiger partial charge on any atom is 0.226 e. The van der Waals surface area contributed by atoms with E-state index in [9.17, 15) is 4.79 Å². The predicted molar refractivity (Wildman–Crippen MR) is 72.7 cm³/mol. The summed E-state index contributed by atoms with van der Waals surface area (Å²) in [6, 6.07) is 9.84. The average molecular weight is 263 g/mol. The molecular formula is C15H21NO3. The van der Waals surface area contributed by atoms with Gasteiger partial charge in [-0.15, -0.1) is 0 Å². The van der Waals surface area contributed by atoms with Crippen molar-refractivity contribution in [1.29, 1.82) is 0 Å². The molecule has 1 aromatic carbocycles. The molecule has 0 unspecified atom stereocenters. The Balaban J connectivity index is 1.89. The lowest BCUT2D eigenvalue weighted by atomic mass is 10.0. The topological polar surface area (TPSA) is 38.8 Å². The molecule has 2 rings (SSSR count). The quantitative estimate of drug-likeness (QED) is 0.778. The van der Waals surface area contributed by atoms with Crippen LogP contribution in [0.2, 0.25) is 0 Å². The van der Waals surface area contributed by atoms with Gasteiger partial charge in [0.05, 0.1) is 6.42 Å². The van der Waals surface area contributed by atoms with E-state index in [1.54, 1.807) is 14.2 Å². The van der Waals surface area contributed by atoms with Crippen LogP contribution in [0.4, 0.5) is 0 Å². The van der Waals surface area contributed by atoms with E-state index in [0.717, 1.165) is 18.4 Å². The minimum atomic E-state index is -0.510. The Labute approximate surface area is 114 Å². The zero-order valence-electron chi connectivity index (χ0n) is 11.6. The number of nitrogens with zero attached hydrogens (tertiary/aromatic N) is 1. The molecule has 0 aromatic heterocycles.